The Labute approximate surface area is 69.0 Å². The Morgan fingerprint density at radius 1 is 0.909 bits per heavy atom. The van der Waals surface area contributed by atoms with Crippen LogP contribution in [0.3, 0.4) is 0 Å². The summed E-state index contributed by atoms with van der Waals surface area (Å²) in [6.45, 7) is 0. The van der Waals surface area contributed by atoms with E-state index < -0.39 is 0 Å². The average Bonchev–Trinajstić information content (AvgIpc) is 2.28. The van der Waals surface area contributed by atoms with Gasteiger partial charge in [-0.3, -0.25) is 0 Å². The Balaban J connectivity index is 2.11. The van der Waals surface area contributed by atoms with E-state index in [2.05, 4.69) is 24.3 Å². The van der Waals surface area contributed by atoms with E-state index in [1.807, 2.05) is 0 Å². The zero-order chi connectivity index (χ0) is 7.52. The van der Waals surface area contributed by atoms with Crippen molar-refractivity contribution in [2.24, 2.45) is 11.8 Å². The summed E-state index contributed by atoms with van der Waals surface area (Å²) in [5.74, 6) is 1.75. The summed E-state index contributed by atoms with van der Waals surface area (Å²) >= 11 is 0. The molecule has 0 bridgehead atoms. The van der Waals surface area contributed by atoms with Crippen LogP contribution < -0.4 is 0 Å². The summed E-state index contributed by atoms with van der Waals surface area (Å²) in [5, 5.41) is 0. The zero-order valence-electron chi connectivity index (χ0n) is 7.00. The maximum Gasteiger partial charge on any atom is -0.00251 e. The van der Waals surface area contributed by atoms with Crippen molar-refractivity contribution in [2.75, 3.05) is 0 Å². The molecule has 0 heterocycles. The van der Waals surface area contributed by atoms with Crippen LogP contribution in [0.25, 0.3) is 0 Å². The zero-order valence-corrected chi connectivity index (χ0v) is 7.00. The highest BCUT2D eigenvalue weighted by molar-refractivity contribution is 5.07. The first-order chi connectivity index (χ1) is 5.47. The molecule has 60 valence electrons. The fourth-order valence-corrected chi connectivity index (χ4v) is 2.22. The lowest BCUT2D eigenvalue weighted by Crippen LogP contribution is -2.12. The molecule has 0 N–H and O–H groups in total. The quantitative estimate of drug-likeness (QED) is 0.462. The Hall–Kier alpha value is -0.520. The molecule has 2 atom stereocenters. The van der Waals surface area contributed by atoms with Crippen LogP contribution in [0.5, 0.6) is 0 Å². The first-order valence-corrected chi connectivity index (χ1v) is 4.80. The number of fused-ring (bicyclic) bond motifs is 1. The maximum absolute atomic E-state index is 2.41. The number of hydrogen-bond acceptors (Lipinski definition) is 0. The van der Waals surface area contributed by atoms with E-state index in [0.29, 0.717) is 0 Å². The fraction of sp³-hybridized carbons (Fsp3) is 0.636. The van der Waals surface area contributed by atoms with Gasteiger partial charge in [0.15, 0.2) is 0 Å². The van der Waals surface area contributed by atoms with E-state index in [1.165, 1.54) is 32.1 Å². The monoisotopic (exact) mass is 148 g/mol. The van der Waals surface area contributed by atoms with Crippen LogP contribution in [-0.4, -0.2) is 0 Å². The summed E-state index contributed by atoms with van der Waals surface area (Å²) in [5.41, 5.74) is 0. The molecule has 0 aromatic rings. The lowest BCUT2D eigenvalue weighted by atomic mass is 9.82. The molecule has 11 heavy (non-hydrogen) atoms. The van der Waals surface area contributed by atoms with Crippen LogP contribution in [-0.2, 0) is 0 Å². The molecule has 0 radical (unpaired) electrons. The predicted molar refractivity (Wildman–Crippen MR) is 48.3 cm³/mol. The normalized spacial score (nSPS) is 36.4. The van der Waals surface area contributed by atoms with Crippen molar-refractivity contribution in [3.63, 3.8) is 0 Å². The van der Waals surface area contributed by atoms with Gasteiger partial charge in [0.1, 0.15) is 0 Å². The molecule has 0 spiro atoms. The SMILES string of the molecule is C1=CC2C=CCCC2CCC1. The highest BCUT2D eigenvalue weighted by Crippen LogP contribution is 2.32. The van der Waals surface area contributed by atoms with Crippen molar-refractivity contribution in [3.05, 3.63) is 24.3 Å². The van der Waals surface area contributed by atoms with Crippen molar-refractivity contribution >= 4 is 0 Å². The van der Waals surface area contributed by atoms with Crippen LogP contribution >= 0.6 is 0 Å². The first-order valence-electron chi connectivity index (χ1n) is 4.80. The standard InChI is InChI=1S/C11H16/c1-2-6-10-8-4-5-9-11(10)7-3-1/h2,4,6,8,10-11H,1,3,5,7,9H2. The van der Waals surface area contributed by atoms with Crippen molar-refractivity contribution in [1.29, 1.82) is 0 Å². The minimum atomic E-state index is 0.784. The van der Waals surface area contributed by atoms with Crippen molar-refractivity contribution < 1.29 is 0 Å². The largest absolute Gasteiger partial charge is 0.0879 e. The average molecular weight is 148 g/mol. The van der Waals surface area contributed by atoms with Gasteiger partial charge in [0.2, 0.25) is 0 Å². The van der Waals surface area contributed by atoms with E-state index in [9.17, 15) is 0 Å². The van der Waals surface area contributed by atoms with Gasteiger partial charge in [-0.1, -0.05) is 24.3 Å². The summed E-state index contributed by atoms with van der Waals surface area (Å²) in [7, 11) is 0. The second-order valence-electron chi connectivity index (χ2n) is 3.70. The summed E-state index contributed by atoms with van der Waals surface area (Å²) in [6, 6.07) is 0. The number of allylic oxidation sites excluding steroid dienone is 4. The maximum atomic E-state index is 2.41. The molecular weight excluding hydrogens is 132 g/mol. The Kier molecular flexibility index (Phi) is 2.11. The van der Waals surface area contributed by atoms with Gasteiger partial charge in [-0.25, -0.2) is 0 Å². The van der Waals surface area contributed by atoms with Gasteiger partial charge >= 0.3 is 0 Å². The molecule has 2 aliphatic rings. The van der Waals surface area contributed by atoms with Crippen LogP contribution in [0.2, 0.25) is 0 Å². The van der Waals surface area contributed by atoms with Gasteiger partial charge in [0.25, 0.3) is 0 Å². The topological polar surface area (TPSA) is 0 Å². The van der Waals surface area contributed by atoms with Gasteiger partial charge in [0.05, 0.1) is 0 Å². The second kappa shape index (κ2) is 3.25. The van der Waals surface area contributed by atoms with Crippen molar-refractivity contribution in [2.45, 2.75) is 32.1 Å². The van der Waals surface area contributed by atoms with Crippen LogP contribution in [0.15, 0.2) is 24.3 Å². The van der Waals surface area contributed by atoms with Crippen LogP contribution in [0.1, 0.15) is 32.1 Å². The Bertz CT molecular complexity index is 176. The van der Waals surface area contributed by atoms with Gasteiger partial charge < -0.3 is 0 Å². The van der Waals surface area contributed by atoms with Gasteiger partial charge in [-0.15, -0.1) is 0 Å². The molecular formula is C11H16. The highest BCUT2D eigenvalue weighted by Gasteiger charge is 2.19. The van der Waals surface area contributed by atoms with E-state index in [1.54, 1.807) is 0 Å². The van der Waals surface area contributed by atoms with Gasteiger partial charge in [0, 0.05) is 0 Å². The van der Waals surface area contributed by atoms with Crippen molar-refractivity contribution in [3.8, 4) is 0 Å². The van der Waals surface area contributed by atoms with Crippen LogP contribution in [0.4, 0.5) is 0 Å². The molecule has 2 rings (SSSR count). The third-order valence-corrected chi connectivity index (χ3v) is 2.91. The molecule has 0 fully saturated rings. The number of hydrogen-bond donors (Lipinski definition) is 0. The van der Waals surface area contributed by atoms with Gasteiger partial charge in [-0.05, 0) is 43.9 Å². The molecule has 0 heteroatoms. The molecule has 0 nitrogen and oxygen atoms in total. The third-order valence-electron chi connectivity index (χ3n) is 2.91. The molecule has 0 amide bonds. The highest BCUT2D eigenvalue weighted by atomic mass is 14.2. The predicted octanol–water partition coefficient (Wildman–Crippen LogP) is 3.31. The smallest absolute Gasteiger partial charge is 0.00251 e. The molecule has 0 saturated heterocycles. The van der Waals surface area contributed by atoms with E-state index in [-0.39, 0.29) is 0 Å². The molecule has 0 aromatic heterocycles. The molecule has 0 aromatic carbocycles. The first kappa shape index (κ1) is 7.15. The fourth-order valence-electron chi connectivity index (χ4n) is 2.22. The minimum absolute atomic E-state index is 0.784. The molecule has 0 aliphatic heterocycles. The lowest BCUT2D eigenvalue weighted by molar-refractivity contribution is 0.380. The van der Waals surface area contributed by atoms with Crippen molar-refractivity contribution in [1.82, 2.24) is 0 Å². The van der Waals surface area contributed by atoms with Crippen LogP contribution in [0, 0.1) is 11.8 Å². The van der Waals surface area contributed by atoms with Gasteiger partial charge in [-0.2, -0.15) is 0 Å². The molecule has 2 unspecified atom stereocenters. The van der Waals surface area contributed by atoms with E-state index >= 15 is 0 Å². The third kappa shape index (κ3) is 1.55. The molecule has 0 saturated carbocycles. The second-order valence-corrected chi connectivity index (χ2v) is 3.70. The summed E-state index contributed by atoms with van der Waals surface area (Å²) in [4.78, 5) is 0. The minimum Gasteiger partial charge on any atom is -0.0879 e. The number of rotatable bonds is 0. The summed E-state index contributed by atoms with van der Waals surface area (Å²) in [6.07, 6.45) is 16.4. The Morgan fingerprint density at radius 2 is 1.73 bits per heavy atom. The van der Waals surface area contributed by atoms with E-state index in [0.717, 1.165) is 11.8 Å². The Morgan fingerprint density at radius 3 is 2.64 bits per heavy atom. The van der Waals surface area contributed by atoms with E-state index in [4.69, 9.17) is 0 Å². The molecule has 2 aliphatic carbocycles. The lowest BCUT2D eigenvalue weighted by Gasteiger charge is -2.23. The summed E-state index contributed by atoms with van der Waals surface area (Å²) < 4.78 is 0.